The van der Waals surface area contributed by atoms with Crippen LogP contribution in [0.15, 0.2) is 66.7 Å². The third-order valence-corrected chi connectivity index (χ3v) is 5.82. The van der Waals surface area contributed by atoms with Gasteiger partial charge in [-0.1, -0.05) is 30.4 Å². The summed E-state index contributed by atoms with van der Waals surface area (Å²) in [5, 5.41) is 5.43. The Hall–Kier alpha value is -4.13. The minimum absolute atomic E-state index is 0.326. The molecule has 0 spiro atoms. The minimum Gasteiger partial charge on any atom is -0.366 e. The topological polar surface area (TPSA) is 107 Å². The second-order valence-electron chi connectivity index (χ2n) is 8.04. The van der Waals surface area contributed by atoms with E-state index in [1.807, 2.05) is 18.2 Å². The Morgan fingerprint density at radius 1 is 1.12 bits per heavy atom. The van der Waals surface area contributed by atoms with Crippen LogP contribution in [0.4, 0.5) is 5.82 Å². The maximum atomic E-state index is 11.7. The molecule has 2 aliphatic rings. The fourth-order valence-electron chi connectivity index (χ4n) is 4.21. The molecule has 33 heavy (non-hydrogen) atoms. The molecule has 0 saturated heterocycles. The highest BCUT2D eigenvalue weighted by molar-refractivity contribution is 5.93. The molecule has 1 amide bonds. The van der Waals surface area contributed by atoms with E-state index < -0.39 is 5.91 Å². The molecule has 0 saturated carbocycles. The summed E-state index contributed by atoms with van der Waals surface area (Å²) in [5.41, 5.74) is 9.97. The van der Waals surface area contributed by atoms with Crippen LogP contribution in [0.3, 0.4) is 0 Å². The van der Waals surface area contributed by atoms with Gasteiger partial charge in [-0.25, -0.2) is 9.97 Å². The molecule has 164 valence electrons. The summed E-state index contributed by atoms with van der Waals surface area (Å²) in [5.74, 6) is 0.727. The third kappa shape index (κ3) is 4.43. The SMILES string of the molecule is NC(=O)c1cncc(-c2nc(NCc3ccccn3)c3c(n2)=CCCC=3C2=CC=CCC2)c1. The number of aromatic nitrogens is 4. The van der Waals surface area contributed by atoms with E-state index in [0.717, 1.165) is 47.8 Å². The number of allylic oxidation sites excluding steroid dienone is 4. The predicted molar refractivity (Wildman–Crippen MR) is 128 cm³/mol. The van der Waals surface area contributed by atoms with Crippen LogP contribution < -0.4 is 21.6 Å². The number of carbonyl (C=O) groups is 1. The zero-order valence-corrected chi connectivity index (χ0v) is 18.2. The molecule has 0 atom stereocenters. The molecule has 0 radical (unpaired) electrons. The van der Waals surface area contributed by atoms with Gasteiger partial charge in [-0.15, -0.1) is 0 Å². The molecule has 7 nitrogen and oxygen atoms in total. The lowest BCUT2D eigenvalue weighted by Crippen LogP contribution is -2.37. The van der Waals surface area contributed by atoms with Crippen molar-refractivity contribution in [3.63, 3.8) is 0 Å². The van der Waals surface area contributed by atoms with Crippen molar-refractivity contribution in [2.75, 3.05) is 5.32 Å². The van der Waals surface area contributed by atoms with E-state index in [1.54, 1.807) is 18.5 Å². The number of nitrogens with zero attached hydrogens (tertiary/aromatic N) is 4. The van der Waals surface area contributed by atoms with E-state index in [4.69, 9.17) is 15.7 Å². The first-order valence-electron chi connectivity index (χ1n) is 11.1. The van der Waals surface area contributed by atoms with Gasteiger partial charge in [0, 0.05) is 29.4 Å². The zero-order valence-electron chi connectivity index (χ0n) is 18.2. The monoisotopic (exact) mass is 436 g/mol. The number of fused-ring (bicyclic) bond motifs is 1. The second kappa shape index (κ2) is 9.16. The van der Waals surface area contributed by atoms with Crippen LogP contribution >= 0.6 is 0 Å². The normalized spacial score (nSPS) is 14.8. The van der Waals surface area contributed by atoms with E-state index in [0.29, 0.717) is 23.5 Å². The summed E-state index contributed by atoms with van der Waals surface area (Å²) < 4.78 is 0. The van der Waals surface area contributed by atoms with Crippen molar-refractivity contribution in [3.8, 4) is 11.4 Å². The van der Waals surface area contributed by atoms with Crippen LogP contribution in [0.5, 0.6) is 0 Å². The van der Waals surface area contributed by atoms with Gasteiger partial charge in [0.2, 0.25) is 5.91 Å². The number of hydrogen-bond donors (Lipinski definition) is 2. The maximum Gasteiger partial charge on any atom is 0.250 e. The van der Waals surface area contributed by atoms with E-state index in [-0.39, 0.29) is 0 Å². The molecular weight excluding hydrogens is 412 g/mol. The molecule has 3 heterocycles. The highest BCUT2D eigenvalue weighted by Gasteiger charge is 2.17. The second-order valence-corrected chi connectivity index (χ2v) is 8.04. The number of anilines is 1. The van der Waals surface area contributed by atoms with Crippen molar-refractivity contribution in [1.82, 2.24) is 19.9 Å². The maximum absolute atomic E-state index is 11.7. The van der Waals surface area contributed by atoms with Crippen LogP contribution in [-0.2, 0) is 6.54 Å². The first kappa shape index (κ1) is 20.8. The molecule has 7 heteroatoms. The van der Waals surface area contributed by atoms with Gasteiger partial charge in [0.25, 0.3) is 0 Å². The summed E-state index contributed by atoms with van der Waals surface area (Å²) in [6.45, 7) is 0.537. The van der Waals surface area contributed by atoms with Gasteiger partial charge in [0.15, 0.2) is 5.82 Å². The number of amides is 1. The number of hydrogen-bond acceptors (Lipinski definition) is 6. The van der Waals surface area contributed by atoms with E-state index in [2.05, 4.69) is 39.6 Å². The quantitative estimate of drug-likeness (QED) is 0.615. The van der Waals surface area contributed by atoms with Crippen molar-refractivity contribution >= 4 is 23.4 Å². The lowest BCUT2D eigenvalue weighted by atomic mass is 9.90. The first-order valence-corrected chi connectivity index (χ1v) is 11.1. The fourth-order valence-corrected chi connectivity index (χ4v) is 4.21. The summed E-state index contributed by atoms with van der Waals surface area (Å²) in [6.07, 6.45) is 17.5. The minimum atomic E-state index is -0.532. The molecule has 3 aromatic heterocycles. The summed E-state index contributed by atoms with van der Waals surface area (Å²) >= 11 is 0. The Bertz CT molecular complexity index is 1390. The van der Waals surface area contributed by atoms with Gasteiger partial charge in [-0.2, -0.15) is 0 Å². The number of pyridine rings is 2. The molecule has 0 fully saturated rings. The molecule has 0 unspecified atom stereocenters. The standard InChI is InChI=1S/C26H24N6O/c27-24(33)18-13-19(15-28-14-18)25-31-22-11-6-10-21(17-7-2-1-3-8-17)23(22)26(32-25)30-16-20-9-4-5-12-29-20/h1-2,4-5,7,9,11-15H,3,6,8,10,16H2,(H2,27,33)(H,30,31,32). The van der Waals surface area contributed by atoms with Crippen LogP contribution in [0, 0.1) is 0 Å². The fraction of sp³-hybridized carbons (Fsp3) is 0.192. The summed E-state index contributed by atoms with van der Waals surface area (Å²) in [7, 11) is 0. The van der Waals surface area contributed by atoms with Crippen molar-refractivity contribution < 1.29 is 4.79 Å². The largest absolute Gasteiger partial charge is 0.366 e. The van der Waals surface area contributed by atoms with Crippen LogP contribution in [0.2, 0.25) is 0 Å². The zero-order chi connectivity index (χ0) is 22.6. The van der Waals surface area contributed by atoms with Gasteiger partial charge >= 0.3 is 0 Å². The van der Waals surface area contributed by atoms with Crippen molar-refractivity contribution in [2.24, 2.45) is 5.73 Å². The van der Waals surface area contributed by atoms with Crippen LogP contribution in [0.25, 0.3) is 23.0 Å². The smallest absolute Gasteiger partial charge is 0.250 e. The Balaban J connectivity index is 1.68. The van der Waals surface area contributed by atoms with Gasteiger partial charge < -0.3 is 11.1 Å². The predicted octanol–water partition coefficient (Wildman–Crippen LogP) is 2.65. The van der Waals surface area contributed by atoms with Crippen LogP contribution in [-0.4, -0.2) is 25.8 Å². The Labute approximate surface area is 191 Å². The Morgan fingerprint density at radius 3 is 2.85 bits per heavy atom. The van der Waals surface area contributed by atoms with Gasteiger partial charge in [0.1, 0.15) is 5.82 Å². The number of primary amides is 1. The summed E-state index contributed by atoms with van der Waals surface area (Å²) in [4.78, 5) is 30.0. The van der Waals surface area contributed by atoms with E-state index in [9.17, 15) is 4.79 Å². The molecule has 0 aliphatic heterocycles. The number of rotatable bonds is 6. The summed E-state index contributed by atoms with van der Waals surface area (Å²) in [6, 6.07) is 7.53. The number of nitrogens with one attached hydrogen (secondary N) is 1. The van der Waals surface area contributed by atoms with E-state index >= 15 is 0 Å². The number of nitrogens with two attached hydrogens (primary N) is 1. The van der Waals surface area contributed by atoms with Crippen molar-refractivity contribution in [3.05, 3.63) is 88.5 Å². The van der Waals surface area contributed by atoms with Crippen molar-refractivity contribution in [2.45, 2.75) is 32.2 Å². The molecule has 3 N–H and O–H groups in total. The average molecular weight is 437 g/mol. The highest BCUT2D eigenvalue weighted by atomic mass is 16.1. The van der Waals surface area contributed by atoms with Gasteiger partial charge in [-0.05, 0) is 55.0 Å². The van der Waals surface area contributed by atoms with Gasteiger partial charge in [0.05, 0.1) is 23.2 Å². The highest BCUT2D eigenvalue weighted by Crippen LogP contribution is 2.26. The Kier molecular flexibility index (Phi) is 5.76. The lowest BCUT2D eigenvalue weighted by molar-refractivity contribution is 0.1000. The number of carbonyl (C=O) groups excluding carboxylic acids is 1. The molecule has 0 bridgehead atoms. The lowest BCUT2D eigenvalue weighted by Gasteiger charge is -2.19. The molecule has 3 aromatic rings. The molecule has 2 aliphatic carbocycles. The molecule has 5 rings (SSSR count). The van der Waals surface area contributed by atoms with Crippen molar-refractivity contribution in [1.29, 1.82) is 0 Å². The third-order valence-electron chi connectivity index (χ3n) is 5.82. The Morgan fingerprint density at radius 2 is 2.06 bits per heavy atom. The molecule has 0 aromatic carbocycles. The van der Waals surface area contributed by atoms with E-state index in [1.165, 1.54) is 17.3 Å². The first-order chi connectivity index (χ1) is 16.2. The van der Waals surface area contributed by atoms with Gasteiger partial charge in [-0.3, -0.25) is 14.8 Å². The molecular formula is C26H24N6O. The average Bonchev–Trinajstić information content (AvgIpc) is 2.88. The van der Waals surface area contributed by atoms with Crippen LogP contribution in [0.1, 0.15) is 41.7 Å².